The SMILES string of the molecule is CN(C)c1cccc(-c2ccc3c(c2)C(C)(Cc2cccc(C(F)(F)F)c2)C(=O)N3)c1. The first kappa shape index (κ1) is 21.0. The standard InChI is InChI=1S/C25H23F3N2O/c1-24(15-16-6-4-8-19(12-16)25(26,27)28)21-14-18(10-11-22(21)29-23(24)31)17-7-5-9-20(13-17)30(2)3/h4-14H,15H2,1-3H3,(H,29,31). The second-order valence-electron chi connectivity index (χ2n) is 8.37. The van der Waals surface area contributed by atoms with Gasteiger partial charge in [0.25, 0.3) is 0 Å². The maximum Gasteiger partial charge on any atom is 0.416 e. The number of halogens is 3. The fourth-order valence-corrected chi connectivity index (χ4v) is 4.08. The van der Waals surface area contributed by atoms with E-state index in [2.05, 4.69) is 11.4 Å². The van der Waals surface area contributed by atoms with Crippen molar-refractivity contribution in [1.82, 2.24) is 0 Å². The van der Waals surface area contributed by atoms with Crippen LogP contribution in [0.4, 0.5) is 24.5 Å². The minimum absolute atomic E-state index is 0.178. The summed E-state index contributed by atoms with van der Waals surface area (Å²) in [5.74, 6) is -0.209. The molecule has 0 aliphatic carbocycles. The Kier molecular flexibility index (Phi) is 5.04. The molecule has 0 aromatic heterocycles. The molecule has 160 valence electrons. The zero-order valence-corrected chi connectivity index (χ0v) is 17.5. The fourth-order valence-electron chi connectivity index (χ4n) is 4.08. The van der Waals surface area contributed by atoms with Gasteiger partial charge in [0, 0.05) is 25.5 Å². The van der Waals surface area contributed by atoms with E-state index in [9.17, 15) is 18.0 Å². The van der Waals surface area contributed by atoms with Gasteiger partial charge in [0.2, 0.25) is 5.91 Å². The molecule has 1 aliphatic heterocycles. The molecule has 0 bridgehead atoms. The van der Waals surface area contributed by atoms with E-state index in [0.717, 1.165) is 34.5 Å². The van der Waals surface area contributed by atoms with Gasteiger partial charge in [0.05, 0.1) is 11.0 Å². The molecular formula is C25H23F3N2O. The van der Waals surface area contributed by atoms with Gasteiger partial charge >= 0.3 is 6.18 Å². The van der Waals surface area contributed by atoms with Gasteiger partial charge in [-0.25, -0.2) is 0 Å². The van der Waals surface area contributed by atoms with Crippen LogP contribution in [-0.4, -0.2) is 20.0 Å². The van der Waals surface area contributed by atoms with Crippen molar-refractivity contribution in [1.29, 1.82) is 0 Å². The molecule has 1 N–H and O–H groups in total. The summed E-state index contributed by atoms with van der Waals surface area (Å²) < 4.78 is 39.4. The number of anilines is 2. The molecule has 1 unspecified atom stereocenters. The van der Waals surface area contributed by atoms with E-state index >= 15 is 0 Å². The van der Waals surface area contributed by atoms with Gasteiger partial charge in [-0.1, -0.05) is 36.4 Å². The maximum absolute atomic E-state index is 13.1. The van der Waals surface area contributed by atoms with Crippen LogP contribution in [-0.2, 0) is 22.8 Å². The highest BCUT2D eigenvalue weighted by molar-refractivity contribution is 6.06. The normalized spacial score (nSPS) is 17.9. The van der Waals surface area contributed by atoms with E-state index in [-0.39, 0.29) is 12.3 Å². The molecule has 0 saturated heterocycles. The number of amides is 1. The summed E-state index contributed by atoms with van der Waals surface area (Å²) in [4.78, 5) is 14.9. The third-order valence-corrected chi connectivity index (χ3v) is 5.87. The van der Waals surface area contributed by atoms with Crippen LogP contribution in [0.5, 0.6) is 0 Å². The molecule has 6 heteroatoms. The number of nitrogens with one attached hydrogen (secondary N) is 1. The monoisotopic (exact) mass is 424 g/mol. The van der Waals surface area contributed by atoms with Crippen molar-refractivity contribution in [2.45, 2.75) is 24.9 Å². The molecule has 0 spiro atoms. The van der Waals surface area contributed by atoms with Crippen LogP contribution in [0.3, 0.4) is 0 Å². The predicted octanol–water partition coefficient (Wildman–Crippen LogP) is 5.89. The maximum atomic E-state index is 13.1. The average Bonchev–Trinajstić information content (AvgIpc) is 2.97. The number of rotatable bonds is 4. The predicted molar refractivity (Wildman–Crippen MR) is 117 cm³/mol. The van der Waals surface area contributed by atoms with Crippen LogP contribution >= 0.6 is 0 Å². The Morgan fingerprint density at radius 3 is 2.35 bits per heavy atom. The third-order valence-electron chi connectivity index (χ3n) is 5.87. The number of alkyl halides is 3. The van der Waals surface area contributed by atoms with Gasteiger partial charge in [0.15, 0.2) is 0 Å². The minimum atomic E-state index is -4.42. The second-order valence-corrected chi connectivity index (χ2v) is 8.37. The molecule has 4 rings (SSSR count). The molecule has 3 aromatic rings. The molecule has 0 saturated carbocycles. The Labute approximate surface area is 179 Å². The van der Waals surface area contributed by atoms with Crippen molar-refractivity contribution in [3.8, 4) is 11.1 Å². The molecule has 0 radical (unpaired) electrons. The number of carbonyl (C=O) groups excluding carboxylic acids is 1. The number of hydrogen-bond acceptors (Lipinski definition) is 2. The van der Waals surface area contributed by atoms with Gasteiger partial charge in [0.1, 0.15) is 0 Å². The summed E-state index contributed by atoms with van der Waals surface area (Å²) in [6.45, 7) is 1.79. The summed E-state index contributed by atoms with van der Waals surface area (Å²) in [6.07, 6.45) is -4.24. The number of fused-ring (bicyclic) bond motifs is 1. The van der Waals surface area contributed by atoms with E-state index in [1.165, 1.54) is 6.07 Å². The van der Waals surface area contributed by atoms with Crippen molar-refractivity contribution < 1.29 is 18.0 Å². The van der Waals surface area contributed by atoms with Crippen LogP contribution in [0.2, 0.25) is 0 Å². The average molecular weight is 424 g/mol. The van der Waals surface area contributed by atoms with Crippen molar-refractivity contribution >= 4 is 17.3 Å². The first-order valence-electron chi connectivity index (χ1n) is 9.98. The van der Waals surface area contributed by atoms with Crippen LogP contribution in [0.25, 0.3) is 11.1 Å². The number of nitrogens with zero attached hydrogens (tertiary/aromatic N) is 1. The van der Waals surface area contributed by atoms with Crippen molar-refractivity contribution in [3.05, 3.63) is 83.4 Å². The largest absolute Gasteiger partial charge is 0.416 e. The van der Waals surface area contributed by atoms with Gasteiger partial charge in [-0.2, -0.15) is 13.2 Å². The minimum Gasteiger partial charge on any atom is -0.378 e. The van der Waals surface area contributed by atoms with E-state index in [1.807, 2.05) is 55.4 Å². The highest BCUT2D eigenvalue weighted by atomic mass is 19.4. The Morgan fingerprint density at radius 2 is 1.65 bits per heavy atom. The van der Waals surface area contributed by atoms with Crippen LogP contribution in [0.15, 0.2) is 66.7 Å². The van der Waals surface area contributed by atoms with E-state index in [1.54, 1.807) is 13.0 Å². The topological polar surface area (TPSA) is 32.3 Å². The quantitative estimate of drug-likeness (QED) is 0.566. The summed E-state index contributed by atoms with van der Waals surface area (Å²) >= 11 is 0. The first-order valence-corrected chi connectivity index (χ1v) is 9.98. The van der Waals surface area contributed by atoms with Gasteiger partial charge in [-0.3, -0.25) is 4.79 Å². The molecule has 0 fully saturated rings. The summed E-state index contributed by atoms with van der Waals surface area (Å²) in [7, 11) is 3.94. The lowest BCUT2D eigenvalue weighted by molar-refractivity contribution is -0.137. The van der Waals surface area contributed by atoms with E-state index in [4.69, 9.17) is 0 Å². The first-order chi connectivity index (χ1) is 14.6. The lowest BCUT2D eigenvalue weighted by atomic mass is 9.77. The summed E-state index contributed by atoms with van der Waals surface area (Å²) in [5, 5.41) is 2.89. The molecule has 1 atom stereocenters. The molecule has 1 heterocycles. The number of carbonyl (C=O) groups is 1. The summed E-state index contributed by atoms with van der Waals surface area (Å²) in [6, 6.07) is 19.0. The van der Waals surface area contributed by atoms with Crippen molar-refractivity contribution in [3.63, 3.8) is 0 Å². The van der Waals surface area contributed by atoms with Gasteiger partial charge in [-0.05, 0) is 65.9 Å². The zero-order chi connectivity index (χ0) is 22.4. The molecule has 3 aromatic carbocycles. The van der Waals surface area contributed by atoms with Crippen LogP contribution in [0, 0.1) is 0 Å². The van der Waals surface area contributed by atoms with Gasteiger partial charge < -0.3 is 10.2 Å². The third kappa shape index (κ3) is 3.90. The Bertz CT molecular complexity index is 1150. The van der Waals surface area contributed by atoms with Crippen LogP contribution in [0.1, 0.15) is 23.6 Å². The molecule has 1 amide bonds. The Balaban J connectivity index is 1.73. The number of hydrogen-bond donors (Lipinski definition) is 1. The van der Waals surface area contributed by atoms with Crippen LogP contribution < -0.4 is 10.2 Å². The highest BCUT2D eigenvalue weighted by Gasteiger charge is 2.43. The Morgan fingerprint density at radius 1 is 0.935 bits per heavy atom. The van der Waals surface area contributed by atoms with E-state index < -0.39 is 17.2 Å². The fraction of sp³-hybridized carbons (Fsp3) is 0.240. The zero-order valence-electron chi connectivity index (χ0n) is 17.5. The van der Waals surface area contributed by atoms with Gasteiger partial charge in [-0.15, -0.1) is 0 Å². The number of benzene rings is 3. The van der Waals surface area contributed by atoms with Crippen molar-refractivity contribution in [2.24, 2.45) is 0 Å². The lowest BCUT2D eigenvalue weighted by Crippen LogP contribution is -2.33. The van der Waals surface area contributed by atoms with Crippen molar-refractivity contribution in [2.75, 3.05) is 24.3 Å². The molecular weight excluding hydrogens is 401 g/mol. The molecule has 1 aliphatic rings. The van der Waals surface area contributed by atoms with E-state index in [0.29, 0.717) is 11.3 Å². The highest BCUT2D eigenvalue weighted by Crippen LogP contribution is 2.42. The summed E-state index contributed by atoms with van der Waals surface area (Å²) in [5.41, 5.74) is 3.31. The lowest BCUT2D eigenvalue weighted by Gasteiger charge is -2.23. The second kappa shape index (κ2) is 7.45. The Hall–Kier alpha value is -3.28. The molecule has 31 heavy (non-hydrogen) atoms. The molecule has 3 nitrogen and oxygen atoms in total. The smallest absolute Gasteiger partial charge is 0.378 e.